The van der Waals surface area contributed by atoms with Gasteiger partial charge in [-0.15, -0.1) is 0 Å². The van der Waals surface area contributed by atoms with Crippen LogP contribution in [0.4, 0.5) is 5.95 Å². The molecule has 6 heteroatoms. The molecule has 0 saturated heterocycles. The van der Waals surface area contributed by atoms with E-state index in [0.29, 0.717) is 18.3 Å². The van der Waals surface area contributed by atoms with Crippen LogP contribution >= 0.6 is 0 Å². The molecule has 152 valence electrons. The number of fused-ring (bicyclic) bond motifs is 2. The van der Waals surface area contributed by atoms with Crippen LogP contribution in [0.3, 0.4) is 0 Å². The number of nitrogens with zero attached hydrogens (tertiary/aromatic N) is 2. The van der Waals surface area contributed by atoms with Crippen LogP contribution in [0.1, 0.15) is 40.8 Å². The maximum Gasteiger partial charge on any atom is 0.293 e. The van der Waals surface area contributed by atoms with Crippen LogP contribution in [-0.4, -0.2) is 15.5 Å². The molecule has 0 aliphatic heterocycles. The maximum absolute atomic E-state index is 12.7. The third-order valence-electron chi connectivity index (χ3n) is 5.53. The molecule has 0 unspecified atom stereocenters. The Balaban J connectivity index is 1.27. The Morgan fingerprint density at radius 1 is 1.13 bits per heavy atom. The molecule has 0 bridgehead atoms. The number of amides is 1. The minimum Gasteiger partial charge on any atom is -0.486 e. The normalized spacial score (nSPS) is 12.8. The highest BCUT2D eigenvalue weighted by molar-refractivity contribution is 6.02. The number of para-hydroxylation sites is 2. The smallest absolute Gasteiger partial charge is 0.293 e. The molecule has 2 heterocycles. The third-order valence-corrected chi connectivity index (χ3v) is 5.53. The summed E-state index contributed by atoms with van der Waals surface area (Å²) in [7, 11) is 0. The first-order valence-electron chi connectivity index (χ1n) is 10.3. The Labute approximate surface area is 174 Å². The molecule has 1 aliphatic carbocycles. The number of rotatable bonds is 6. The molecule has 6 nitrogen and oxygen atoms in total. The number of carbonyl (C=O) groups excluding carboxylic acids is 1. The Morgan fingerprint density at radius 3 is 2.90 bits per heavy atom. The van der Waals surface area contributed by atoms with Crippen molar-refractivity contribution in [2.24, 2.45) is 0 Å². The monoisotopic (exact) mass is 401 g/mol. The molecule has 0 fully saturated rings. The van der Waals surface area contributed by atoms with Crippen molar-refractivity contribution in [2.75, 3.05) is 5.32 Å². The summed E-state index contributed by atoms with van der Waals surface area (Å²) in [4.78, 5) is 17.2. The van der Waals surface area contributed by atoms with Crippen molar-refractivity contribution < 1.29 is 13.9 Å². The van der Waals surface area contributed by atoms with E-state index in [-0.39, 0.29) is 18.3 Å². The number of benzene rings is 2. The molecular weight excluding hydrogens is 378 g/mol. The Kier molecular flexibility index (Phi) is 4.75. The van der Waals surface area contributed by atoms with Gasteiger partial charge in [0, 0.05) is 6.54 Å². The lowest BCUT2D eigenvalue weighted by Crippen LogP contribution is -2.15. The van der Waals surface area contributed by atoms with Gasteiger partial charge in [-0.05, 0) is 73.7 Å². The number of hydrogen-bond donors (Lipinski definition) is 1. The number of aromatic nitrogens is 2. The molecule has 0 atom stereocenters. The number of aryl methyl sites for hydroxylation is 3. The highest BCUT2D eigenvalue weighted by atomic mass is 16.5. The van der Waals surface area contributed by atoms with Crippen molar-refractivity contribution in [3.8, 4) is 5.75 Å². The molecule has 30 heavy (non-hydrogen) atoms. The van der Waals surface area contributed by atoms with Gasteiger partial charge in [-0.1, -0.05) is 18.2 Å². The fraction of sp³-hybridized carbons (Fsp3) is 0.250. The maximum atomic E-state index is 12.7. The summed E-state index contributed by atoms with van der Waals surface area (Å²) in [5, 5.41) is 2.86. The molecule has 4 aromatic rings. The average Bonchev–Trinajstić information content (AvgIpc) is 3.49. The van der Waals surface area contributed by atoms with Gasteiger partial charge in [0.25, 0.3) is 5.91 Å². The van der Waals surface area contributed by atoms with Crippen molar-refractivity contribution in [3.05, 3.63) is 77.2 Å². The topological polar surface area (TPSA) is 69.3 Å². The second-order valence-electron chi connectivity index (χ2n) is 7.46. The van der Waals surface area contributed by atoms with E-state index in [0.717, 1.165) is 29.6 Å². The summed E-state index contributed by atoms with van der Waals surface area (Å²) in [6.07, 6.45) is 3.47. The number of imidazole rings is 1. The van der Waals surface area contributed by atoms with E-state index in [1.54, 1.807) is 12.1 Å². The molecule has 0 saturated carbocycles. The standard InChI is InChI=1S/C24H23N3O3/c1-2-27-21-9-4-3-8-20(21)25-24(27)26-23(28)22-13-12-19(30-22)15-29-18-11-10-16-6-5-7-17(16)14-18/h3-4,8-14H,2,5-7,15H2,1H3,(H,25,26,28). The lowest BCUT2D eigenvalue weighted by molar-refractivity contribution is 0.0991. The predicted molar refractivity (Wildman–Crippen MR) is 115 cm³/mol. The number of hydrogen-bond acceptors (Lipinski definition) is 4. The molecule has 5 rings (SSSR count). The van der Waals surface area contributed by atoms with Gasteiger partial charge in [-0.25, -0.2) is 4.98 Å². The van der Waals surface area contributed by atoms with E-state index in [9.17, 15) is 4.79 Å². The van der Waals surface area contributed by atoms with Crippen molar-refractivity contribution >= 4 is 22.9 Å². The molecule has 0 spiro atoms. The molecule has 2 aromatic carbocycles. The number of furan rings is 1. The second kappa shape index (κ2) is 7.71. The number of ether oxygens (including phenoxy) is 1. The predicted octanol–water partition coefficient (Wildman–Crippen LogP) is 4.97. The molecule has 1 amide bonds. The van der Waals surface area contributed by atoms with Gasteiger partial charge >= 0.3 is 0 Å². The number of carbonyl (C=O) groups is 1. The Bertz CT molecular complexity index is 1220. The summed E-state index contributed by atoms with van der Waals surface area (Å²) in [5.74, 6) is 1.84. The van der Waals surface area contributed by atoms with Crippen LogP contribution in [0.15, 0.2) is 59.0 Å². The van der Waals surface area contributed by atoms with E-state index in [1.165, 1.54) is 17.5 Å². The lowest BCUT2D eigenvalue weighted by atomic mass is 10.1. The van der Waals surface area contributed by atoms with Crippen molar-refractivity contribution in [1.29, 1.82) is 0 Å². The first-order chi connectivity index (χ1) is 14.7. The Hall–Kier alpha value is -3.54. The summed E-state index contributed by atoms with van der Waals surface area (Å²) < 4.78 is 13.5. The lowest BCUT2D eigenvalue weighted by Gasteiger charge is -2.07. The van der Waals surface area contributed by atoms with Crippen molar-refractivity contribution in [1.82, 2.24) is 9.55 Å². The van der Waals surface area contributed by atoms with Gasteiger partial charge in [0.2, 0.25) is 5.95 Å². The zero-order chi connectivity index (χ0) is 20.5. The fourth-order valence-electron chi connectivity index (χ4n) is 4.02. The quantitative estimate of drug-likeness (QED) is 0.495. The van der Waals surface area contributed by atoms with Crippen molar-refractivity contribution in [3.63, 3.8) is 0 Å². The fourth-order valence-corrected chi connectivity index (χ4v) is 4.02. The van der Waals surface area contributed by atoms with E-state index < -0.39 is 0 Å². The van der Waals surface area contributed by atoms with Crippen LogP contribution in [0, 0.1) is 0 Å². The Morgan fingerprint density at radius 2 is 2.00 bits per heavy atom. The SMILES string of the molecule is CCn1c(NC(=O)c2ccc(COc3ccc4c(c3)CCC4)o2)nc2ccccc21. The van der Waals surface area contributed by atoms with Gasteiger partial charge in [-0.3, -0.25) is 10.1 Å². The molecule has 1 N–H and O–H groups in total. The number of nitrogens with one attached hydrogen (secondary N) is 1. The highest BCUT2D eigenvalue weighted by Gasteiger charge is 2.17. The van der Waals surface area contributed by atoms with E-state index in [1.807, 2.05) is 41.8 Å². The zero-order valence-electron chi connectivity index (χ0n) is 16.9. The summed E-state index contributed by atoms with van der Waals surface area (Å²) in [6, 6.07) is 17.5. The highest BCUT2D eigenvalue weighted by Crippen LogP contribution is 2.27. The first kappa shape index (κ1) is 18.5. The average molecular weight is 401 g/mol. The third kappa shape index (κ3) is 3.45. The van der Waals surface area contributed by atoms with Crippen LogP contribution in [0.5, 0.6) is 5.75 Å². The molecule has 1 aliphatic rings. The van der Waals surface area contributed by atoms with Gasteiger partial charge in [-0.2, -0.15) is 0 Å². The largest absolute Gasteiger partial charge is 0.486 e. The van der Waals surface area contributed by atoms with Crippen LogP contribution in [0.25, 0.3) is 11.0 Å². The van der Waals surface area contributed by atoms with Crippen LogP contribution in [-0.2, 0) is 26.0 Å². The minimum absolute atomic E-state index is 0.234. The van der Waals surface area contributed by atoms with Gasteiger partial charge in [0.05, 0.1) is 11.0 Å². The summed E-state index contributed by atoms with van der Waals surface area (Å²) in [6.45, 7) is 3.00. The van der Waals surface area contributed by atoms with Gasteiger partial charge in [0.15, 0.2) is 5.76 Å². The van der Waals surface area contributed by atoms with E-state index in [4.69, 9.17) is 9.15 Å². The zero-order valence-corrected chi connectivity index (χ0v) is 16.9. The van der Waals surface area contributed by atoms with Gasteiger partial charge in [0.1, 0.15) is 18.1 Å². The van der Waals surface area contributed by atoms with E-state index >= 15 is 0 Å². The van der Waals surface area contributed by atoms with Crippen molar-refractivity contribution in [2.45, 2.75) is 39.3 Å². The first-order valence-corrected chi connectivity index (χ1v) is 10.3. The summed E-state index contributed by atoms with van der Waals surface area (Å²) in [5.41, 5.74) is 4.61. The second-order valence-corrected chi connectivity index (χ2v) is 7.46. The molecular formula is C24H23N3O3. The van der Waals surface area contributed by atoms with E-state index in [2.05, 4.69) is 22.4 Å². The van der Waals surface area contributed by atoms with Crippen LogP contribution < -0.4 is 10.1 Å². The number of anilines is 1. The van der Waals surface area contributed by atoms with Gasteiger partial charge < -0.3 is 13.7 Å². The van der Waals surface area contributed by atoms with Crippen LogP contribution in [0.2, 0.25) is 0 Å². The minimum atomic E-state index is -0.330. The summed E-state index contributed by atoms with van der Waals surface area (Å²) >= 11 is 0. The molecule has 2 aromatic heterocycles. The molecule has 0 radical (unpaired) electrons.